The fraction of sp³-hybridized carbons (Fsp3) is 0.368. The van der Waals surface area contributed by atoms with Gasteiger partial charge in [0.05, 0.1) is 5.60 Å². The summed E-state index contributed by atoms with van der Waals surface area (Å²) in [6.45, 7) is 5.66. The summed E-state index contributed by atoms with van der Waals surface area (Å²) in [7, 11) is 0. The molecule has 1 atom stereocenters. The molecule has 1 aliphatic rings. The maximum absolute atomic E-state index is 11.2. The van der Waals surface area contributed by atoms with Crippen LogP contribution in [0.25, 0.3) is 0 Å². The average Bonchev–Trinajstić information content (AvgIpc) is 2.60. The van der Waals surface area contributed by atoms with E-state index in [-0.39, 0.29) is 17.4 Å². The van der Waals surface area contributed by atoms with Crippen molar-refractivity contribution < 1.29 is 19.4 Å². The van der Waals surface area contributed by atoms with Crippen molar-refractivity contribution in [2.45, 2.75) is 25.6 Å². The highest BCUT2D eigenvalue weighted by molar-refractivity contribution is 5.85. The van der Waals surface area contributed by atoms with Crippen molar-refractivity contribution in [3.63, 3.8) is 0 Å². The van der Waals surface area contributed by atoms with Crippen molar-refractivity contribution in [3.8, 4) is 5.75 Å². The van der Waals surface area contributed by atoms with Crippen LogP contribution in [0.1, 0.15) is 24.3 Å². The lowest BCUT2D eigenvalue weighted by molar-refractivity contribution is -0.0971. The number of aromatic carboxylic acids is 1. The number of para-hydroxylation sites is 1. The minimum Gasteiger partial charge on any atom is -0.491 e. The third-order valence-electron chi connectivity index (χ3n) is 3.94. The molecule has 1 aromatic heterocycles. The molecule has 1 aromatic carbocycles. The van der Waals surface area contributed by atoms with Crippen molar-refractivity contribution in [1.29, 1.82) is 0 Å². The van der Waals surface area contributed by atoms with Crippen LogP contribution in [0.2, 0.25) is 0 Å². The van der Waals surface area contributed by atoms with E-state index in [4.69, 9.17) is 14.6 Å². The molecule has 1 saturated heterocycles. The third-order valence-corrected chi connectivity index (χ3v) is 3.94. The van der Waals surface area contributed by atoms with E-state index in [1.807, 2.05) is 50.2 Å². The summed E-state index contributed by atoms with van der Waals surface area (Å²) in [5, 5.41) is 9.15. The Morgan fingerprint density at radius 1 is 1.28 bits per heavy atom. The molecule has 1 fully saturated rings. The molecule has 0 spiro atoms. The average molecular weight is 342 g/mol. The van der Waals surface area contributed by atoms with E-state index in [0.29, 0.717) is 25.5 Å². The van der Waals surface area contributed by atoms with Gasteiger partial charge in [0, 0.05) is 13.1 Å². The van der Waals surface area contributed by atoms with E-state index in [2.05, 4.69) is 9.88 Å². The smallest absolute Gasteiger partial charge is 0.354 e. The lowest BCUT2D eigenvalue weighted by atomic mass is 10.1. The number of anilines is 1. The van der Waals surface area contributed by atoms with Crippen LogP contribution in [0, 0.1) is 0 Å². The lowest BCUT2D eigenvalue weighted by Crippen LogP contribution is -2.54. The largest absolute Gasteiger partial charge is 0.491 e. The van der Waals surface area contributed by atoms with E-state index < -0.39 is 5.97 Å². The van der Waals surface area contributed by atoms with Crippen molar-refractivity contribution in [1.82, 2.24) is 4.98 Å². The second-order valence-corrected chi connectivity index (χ2v) is 6.69. The Bertz CT molecular complexity index is 733. The Labute approximate surface area is 147 Å². The Balaban J connectivity index is 1.72. The van der Waals surface area contributed by atoms with Gasteiger partial charge >= 0.3 is 5.97 Å². The first-order chi connectivity index (χ1) is 11.9. The summed E-state index contributed by atoms with van der Waals surface area (Å²) in [5.74, 6) is 0.409. The molecule has 0 saturated carbocycles. The van der Waals surface area contributed by atoms with Crippen LogP contribution in [0.4, 0.5) is 5.82 Å². The fourth-order valence-corrected chi connectivity index (χ4v) is 2.98. The molecule has 1 unspecified atom stereocenters. The summed E-state index contributed by atoms with van der Waals surface area (Å²) in [4.78, 5) is 17.5. The first-order valence-corrected chi connectivity index (χ1v) is 8.24. The predicted molar refractivity (Wildman–Crippen MR) is 94.3 cm³/mol. The van der Waals surface area contributed by atoms with Gasteiger partial charge in [-0.05, 0) is 38.1 Å². The number of morpholine rings is 1. The van der Waals surface area contributed by atoms with Gasteiger partial charge in [0.1, 0.15) is 24.3 Å². The van der Waals surface area contributed by atoms with Gasteiger partial charge in [0.25, 0.3) is 0 Å². The number of pyridine rings is 1. The van der Waals surface area contributed by atoms with Crippen LogP contribution in [-0.2, 0) is 4.74 Å². The number of carboxylic acid groups (broad SMARTS) is 1. The molecular formula is C19H22N2O4. The Morgan fingerprint density at radius 3 is 2.76 bits per heavy atom. The van der Waals surface area contributed by atoms with E-state index in [0.717, 1.165) is 5.75 Å². The SMILES string of the molecule is CC1(C)CN(c2cccc(C(=O)O)n2)CC(COc2ccccc2)O1. The highest BCUT2D eigenvalue weighted by Gasteiger charge is 2.34. The molecule has 6 heteroatoms. The lowest BCUT2D eigenvalue weighted by Gasteiger charge is -2.43. The van der Waals surface area contributed by atoms with E-state index in [9.17, 15) is 4.79 Å². The van der Waals surface area contributed by atoms with Crippen molar-refractivity contribution in [2.24, 2.45) is 0 Å². The Morgan fingerprint density at radius 2 is 2.04 bits per heavy atom. The zero-order chi connectivity index (χ0) is 17.9. The summed E-state index contributed by atoms with van der Waals surface area (Å²) in [6, 6.07) is 14.6. The van der Waals surface area contributed by atoms with E-state index in [1.165, 1.54) is 6.07 Å². The van der Waals surface area contributed by atoms with Gasteiger partial charge < -0.3 is 19.5 Å². The number of carboxylic acids is 1. The molecule has 0 radical (unpaired) electrons. The minimum atomic E-state index is -1.03. The van der Waals surface area contributed by atoms with Crippen molar-refractivity contribution in [2.75, 3.05) is 24.6 Å². The van der Waals surface area contributed by atoms with E-state index >= 15 is 0 Å². The number of hydrogen-bond donors (Lipinski definition) is 1. The zero-order valence-corrected chi connectivity index (χ0v) is 14.4. The predicted octanol–water partition coefficient (Wildman–Crippen LogP) is 2.84. The van der Waals surface area contributed by atoms with Gasteiger partial charge in [-0.25, -0.2) is 9.78 Å². The van der Waals surface area contributed by atoms with Gasteiger partial charge in [-0.2, -0.15) is 0 Å². The monoisotopic (exact) mass is 342 g/mol. The second kappa shape index (κ2) is 7.11. The van der Waals surface area contributed by atoms with Crippen molar-refractivity contribution in [3.05, 3.63) is 54.2 Å². The van der Waals surface area contributed by atoms with Crippen LogP contribution >= 0.6 is 0 Å². The molecule has 2 aromatic rings. The van der Waals surface area contributed by atoms with Crippen molar-refractivity contribution >= 4 is 11.8 Å². The second-order valence-electron chi connectivity index (χ2n) is 6.69. The standard InChI is InChI=1S/C19H22N2O4/c1-19(2)13-21(17-10-6-9-16(20-17)18(22)23)11-15(25-19)12-24-14-7-4-3-5-8-14/h3-10,15H,11-13H2,1-2H3,(H,22,23). The number of hydrogen-bond acceptors (Lipinski definition) is 5. The van der Waals surface area contributed by atoms with E-state index in [1.54, 1.807) is 6.07 Å². The summed E-state index contributed by atoms with van der Waals surface area (Å²) in [5.41, 5.74) is -0.344. The molecule has 132 valence electrons. The minimum absolute atomic E-state index is 0.0406. The number of carbonyl (C=O) groups is 1. The summed E-state index contributed by atoms with van der Waals surface area (Å²) in [6.07, 6.45) is -0.140. The summed E-state index contributed by atoms with van der Waals surface area (Å²) >= 11 is 0. The first kappa shape index (κ1) is 17.2. The van der Waals surface area contributed by atoms with Gasteiger partial charge in [-0.3, -0.25) is 0 Å². The summed E-state index contributed by atoms with van der Waals surface area (Å²) < 4.78 is 11.9. The number of rotatable bonds is 5. The molecule has 0 bridgehead atoms. The van der Waals surface area contributed by atoms with Crippen LogP contribution in [-0.4, -0.2) is 47.5 Å². The highest BCUT2D eigenvalue weighted by atomic mass is 16.5. The van der Waals surface area contributed by atoms with Gasteiger partial charge in [0.2, 0.25) is 0 Å². The first-order valence-electron chi connectivity index (χ1n) is 8.24. The van der Waals surface area contributed by atoms with Gasteiger partial charge in [-0.1, -0.05) is 24.3 Å². The molecule has 1 aliphatic heterocycles. The molecular weight excluding hydrogens is 320 g/mol. The topological polar surface area (TPSA) is 71.9 Å². The number of nitrogens with zero attached hydrogens (tertiary/aromatic N) is 2. The molecule has 1 N–H and O–H groups in total. The number of ether oxygens (including phenoxy) is 2. The maximum atomic E-state index is 11.2. The zero-order valence-electron chi connectivity index (χ0n) is 14.4. The molecule has 0 amide bonds. The molecule has 2 heterocycles. The van der Waals surface area contributed by atoms with Crippen LogP contribution in [0.5, 0.6) is 5.75 Å². The molecule has 6 nitrogen and oxygen atoms in total. The number of benzene rings is 1. The highest BCUT2D eigenvalue weighted by Crippen LogP contribution is 2.25. The number of aromatic nitrogens is 1. The van der Waals surface area contributed by atoms with Crippen LogP contribution in [0.15, 0.2) is 48.5 Å². The fourth-order valence-electron chi connectivity index (χ4n) is 2.98. The molecule has 3 rings (SSSR count). The van der Waals surface area contributed by atoms with Gasteiger partial charge in [0.15, 0.2) is 5.69 Å². The van der Waals surface area contributed by atoms with Crippen LogP contribution < -0.4 is 9.64 Å². The molecule has 0 aliphatic carbocycles. The van der Waals surface area contributed by atoms with Gasteiger partial charge in [-0.15, -0.1) is 0 Å². The Hall–Kier alpha value is -2.60. The molecule has 25 heavy (non-hydrogen) atoms. The quantitative estimate of drug-likeness (QED) is 0.901. The normalized spacial score (nSPS) is 19.4. The Kier molecular flexibility index (Phi) is 4.90. The van der Waals surface area contributed by atoms with Crippen LogP contribution in [0.3, 0.4) is 0 Å². The maximum Gasteiger partial charge on any atom is 0.354 e. The third kappa shape index (κ3) is 4.48.